The molecule has 3 heterocycles. The first-order chi connectivity index (χ1) is 13.1. The highest BCUT2D eigenvalue weighted by Gasteiger charge is 2.19. The van der Waals surface area contributed by atoms with Gasteiger partial charge >= 0.3 is 0 Å². The maximum Gasteiger partial charge on any atom is 0.231 e. The largest absolute Gasteiger partial charge is 0.438 e. The van der Waals surface area contributed by atoms with Crippen LogP contribution in [0.4, 0.5) is 0 Å². The fraction of sp³-hybridized carbons (Fsp3) is 0.429. The predicted octanol–water partition coefficient (Wildman–Crippen LogP) is 4.50. The Labute approximate surface area is 164 Å². The smallest absolute Gasteiger partial charge is 0.231 e. The van der Waals surface area contributed by atoms with Crippen molar-refractivity contribution in [2.24, 2.45) is 0 Å². The molecule has 2 aromatic heterocycles. The van der Waals surface area contributed by atoms with Crippen LogP contribution in [0.2, 0.25) is 0 Å². The molecule has 1 aromatic carbocycles. The predicted molar refractivity (Wildman–Crippen MR) is 109 cm³/mol. The van der Waals surface area contributed by atoms with E-state index in [0.717, 1.165) is 61.1 Å². The molecule has 4 rings (SSSR count). The summed E-state index contributed by atoms with van der Waals surface area (Å²) in [4.78, 5) is 14.2. The van der Waals surface area contributed by atoms with Crippen molar-refractivity contribution in [3.8, 4) is 11.6 Å². The number of hydrogen-bond acceptors (Lipinski definition) is 6. The zero-order chi connectivity index (χ0) is 18.8. The molecule has 6 heteroatoms. The Morgan fingerprint density at radius 3 is 2.56 bits per heavy atom. The van der Waals surface area contributed by atoms with Crippen molar-refractivity contribution in [3.05, 3.63) is 46.1 Å². The average Bonchev–Trinajstić information content (AvgIpc) is 2.97. The Kier molecular flexibility index (Phi) is 5.38. The van der Waals surface area contributed by atoms with Crippen LogP contribution in [0, 0.1) is 13.8 Å². The van der Waals surface area contributed by atoms with Gasteiger partial charge in [-0.25, -0.2) is 4.98 Å². The minimum absolute atomic E-state index is 0.661. The second-order valence-corrected chi connectivity index (χ2v) is 8.10. The Morgan fingerprint density at radius 1 is 1.11 bits per heavy atom. The van der Waals surface area contributed by atoms with Crippen molar-refractivity contribution in [1.82, 2.24) is 14.9 Å². The number of aryl methyl sites for hydroxylation is 3. The molecule has 0 bridgehead atoms. The van der Waals surface area contributed by atoms with Crippen LogP contribution in [0.3, 0.4) is 0 Å². The minimum Gasteiger partial charge on any atom is -0.438 e. The zero-order valence-corrected chi connectivity index (χ0v) is 16.9. The number of morpholine rings is 1. The van der Waals surface area contributed by atoms with Gasteiger partial charge in [-0.2, -0.15) is 4.98 Å². The quantitative estimate of drug-likeness (QED) is 0.649. The molecule has 1 saturated heterocycles. The second kappa shape index (κ2) is 7.92. The third-order valence-electron chi connectivity index (χ3n) is 5.06. The third-order valence-corrected chi connectivity index (χ3v) is 6.16. The second-order valence-electron chi connectivity index (χ2n) is 6.90. The van der Waals surface area contributed by atoms with E-state index in [2.05, 4.69) is 37.8 Å². The standard InChI is InChI=1S/C21H25N3O2S/c1-4-16-5-7-17(8-6-16)26-20-19-14(2)15(3)27-21(19)23-18(22-20)13-24-9-11-25-12-10-24/h5-8H,4,9-13H2,1-3H3. The summed E-state index contributed by atoms with van der Waals surface area (Å²) < 4.78 is 11.7. The van der Waals surface area contributed by atoms with Crippen LogP contribution >= 0.6 is 11.3 Å². The van der Waals surface area contributed by atoms with Gasteiger partial charge in [0.15, 0.2) is 0 Å². The molecule has 0 amide bonds. The molecular weight excluding hydrogens is 358 g/mol. The van der Waals surface area contributed by atoms with Gasteiger partial charge in [0, 0.05) is 18.0 Å². The van der Waals surface area contributed by atoms with Crippen LogP contribution in [0.1, 0.15) is 28.8 Å². The van der Waals surface area contributed by atoms with Crippen LogP contribution in [0.25, 0.3) is 10.2 Å². The van der Waals surface area contributed by atoms with Gasteiger partial charge in [0.2, 0.25) is 5.88 Å². The number of thiophene rings is 1. The van der Waals surface area contributed by atoms with Crippen LogP contribution in [-0.4, -0.2) is 41.2 Å². The van der Waals surface area contributed by atoms with E-state index in [1.807, 2.05) is 12.1 Å². The van der Waals surface area contributed by atoms with E-state index in [9.17, 15) is 0 Å². The van der Waals surface area contributed by atoms with Gasteiger partial charge in [0.25, 0.3) is 0 Å². The van der Waals surface area contributed by atoms with E-state index in [1.54, 1.807) is 11.3 Å². The highest BCUT2D eigenvalue weighted by Crippen LogP contribution is 2.36. The van der Waals surface area contributed by atoms with E-state index in [1.165, 1.54) is 16.0 Å². The molecule has 0 unspecified atom stereocenters. The van der Waals surface area contributed by atoms with Crippen molar-refractivity contribution >= 4 is 21.6 Å². The summed E-state index contributed by atoms with van der Waals surface area (Å²) in [5.41, 5.74) is 2.50. The maximum atomic E-state index is 6.23. The van der Waals surface area contributed by atoms with E-state index >= 15 is 0 Å². The number of rotatable bonds is 5. The summed E-state index contributed by atoms with van der Waals surface area (Å²) in [6, 6.07) is 8.24. The fourth-order valence-corrected chi connectivity index (χ4v) is 4.30. The normalized spacial score (nSPS) is 15.4. The van der Waals surface area contributed by atoms with Gasteiger partial charge in [0.05, 0.1) is 25.1 Å². The molecule has 27 heavy (non-hydrogen) atoms. The summed E-state index contributed by atoms with van der Waals surface area (Å²) in [6.45, 7) is 10.5. The summed E-state index contributed by atoms with van der Waals surface area (Å²) in [5, 5.41) is 1.03. The number of fused-ring (bicyclic) bond motifs is 1. The third kappa shape index (κ3) is 3.98. The summed E-state index contributed by atoms with van der Waals surface area (Å²) in [6.07, 6.45) is 1.02. The zero-order valence-electron chi connectivity index (χ0n) is 16.1. The number of aromatic nitrogens is 2. The first-order valence-electron chi connectivity index (χ1n) is 9.47. The molecule has 5 nitrogen and oxygen atoms in total. The Balaban J connectivity index is 1.69. The van der Waals surface area contributed by atoms with Crippen LogP contribution in [0.15, 0.2) is 24.3 Å². The van der Waals surface area contributed by atoms with Crippen molar-refractivity contribution in [2.75, 3.05) is 26.3 Å². The number of benzene rings is 1. The molecule has 0 atom stereocenters. The van der Waals surface area contributed by atoms with E-state index < -0.39 is 0 Å². The average molecular weight is 384 g/mol. The molecule has 3 aromatic rings. The Hall–Kier alpha value is -2.02. The van der Waals surface area contributed by atoms with Crippen molar-refractivity contribution in [3.63, 3.8) is 0 Å². The number of ether oxygens (including phenoxy) is 2. The molecule has 0 radical (unpaired) electrons. The number of nitrogens with zero attached hydrogens (tertiary/aromatic N) is 3. The molecule has 0 spiro atoms. The highest BCUT2D eigenvalue weighted by atomic mass is 32.1. The van der Waals surface area contributed by atoms with Gasteiger partial charge in [0.1, 0.15) is 16.4 Å². The first kappa shape index (κ1) is 18.3. The summed E-state index contributed by atoms with van der Waals surface area (Å²) >= 11 is 1.71. The topological polar surface area (TPSA) is 47.5 Å². The molecule has 0 aliphatic carbocycles. The molecule has 1 aliphatic rings. The van der Waals surface area contributed by atoms with Crippen molar-refractivity contribution in [2.45, 2.75) is 33.7 Å². The van der Waals surface area contributed by atoms with E-state index in [4.69, 9.17) is 19.4 Å². The molecule has 1 aliphatic heterocycles. The molecule has 0 saturated carbocycles. The lowest BCUT2D eigenvalue weighted by molar-refractivity contribution is 0.0330. The lowest BCUT2D eigenvalue weighted by Crippen LogP contribution is -2.36. The molecule has 1 fully saturated rings. The molecule has 142 valence electrons. The van der Waals surface area contributed by atoms with Gasteiger partial charge in [-0.15, -0.1) is 11.3 Å². The van der Waals surface area contributed by atoms with Gasteiger partial charge < -0.3 is 9.47 Å². The number of hydrogen-bond donors (Lipinski definition) is 0. The lowest BCUT2D eigenvalue weighted by atomic mass is 10.2. The molecular formula is C21H25N3O2S. The van der Waals surface area contributed by atoms with Crippen molar-refractivity contribution in [1.29, 1.82) is 0 Å². The maximum absolute atomic E-state index is 6.23. The van der Waals surface area contributed by atoms with Crippen LogP contribution < -0.4 is 4.74 Å². The van der Waals surface area contributed by atoms with Crippen LogP contribution in [0.5, 0.6) is 11.6 Å². The van der Waals surface area contributed by atoms with Gasteiger partial charge in [-0.1, -0.05) is 19.1 Å². The van der Waals surface area contributed by atoms with Crippen molar-refractivity contribution < 1.29 is 9.47 Å². The Bertz CT molecular complexity index is 931. The van der Waals surface area contributed by atoms with Gasteiger partial charge in [-0.3, -0.25) is 4.90 Å². The molecule has 0 N–H and O–H groups in total. The van der Waals surface area contributed by atoms with Gasteiger partial charge in [-0.05, 0) is 43.5 Å². The SMILES string of the molecule is CCc1ccc(Oc2nc(CN3CCOCC3)nc3sc(C)c(C)c23)cc1. The minimum atomic E-state index is 0.661. The highest BCUT2D eigenvalue weighted by molar-refractivity contribution is 7.18. The first-order valence-corrected chi connectivity index (χ1v) is 10.3. The monoisotopic (exact) mass is 383 g/mol. The summed E-state index contributed by atoms with van der Waals surface area (Å²) in [5.74, 6) is 2.29. The Morgan fingerprint density at radius 2 is 1.85 bits per heavy atom. The van der Waals surface area contributed by atoms with E-state index in [0.29, 0.717) is 5.88 Å². The van der Waals surface area contributed by atoms with E-state index in [-0.39, 0.29) is 0 Å². The lowest BCUT2D eigenvalue weighted by Gasteiger charge is -2.25. The fourth-order valence-electron chi connectivity index (χ4n) is 3.26. The van der Waals surface area contributed by atoms with Crippen LogP contribution in [-0.2, 0) is 17.7 Å². The summed E-state index contributed by atoms with van der Waals surface area (Å²) in [7, 11) is 0.